The van der Waals surface area contributed by atoms with Crippen LogP contribution in [0.2, 0.25) is 0 Å². The molecule has 2 fully saturated rings. The van der Waals surface area contributed by atoms with Crippen molar-refractivity contribution in [3.63, 3.8) is 0 Å². The summed E-state index contributed by atoms with van der Waals surface area (Å²) < 4.78 is 95.8. The van der Waals surface area contributed by atoms with Crippen molar-refractivity contribution in [1.29, 1.82) is 0 Å². The second kappa shape index (κ2) is 17.1. The molecule has 5 rings (SSSR count). The smallest absolute Gasteiger partial charge is 0.425 e. The molecule has 55 heavy (non-hydrogen) atoms. The number of halogens is 6. The molecule has 17 heteroatoms. The quantitative estimate of drug-likeness (QED) is 0.140. The van der Waals surface area contributed by atoms with Gasteiger partial charge >= 0.3 is 18.3 Å². The highest BCUT2D eigenvalue weighted by Crippen LogP contribution is 2.46. The third-order valence-corrected chi connectivity index (χ3v) is 11.2. The first kappa shape index (κ1) is 42.2. The molecule has 2 saturated heterocycles. The van der Waals surface area contributed by atoms with Crippen LogP contribution in [0.5, 0.6) is 11.5 Å². The van der Waals surface area contributed by atoms with E-state index in [4.69, 9.17) is 14.6 Å². The number of thiophene rings is 1. The zero-order valence-corrected chi connectivity index (χ0v) is 31.2. The van der Waals surface area contributed by atoms with Gasteiger partial charge in [0.05, 0.1) is 29.0 Å². The van der Waals surface area contributed by atoms with E-state index in [1.54, 1.807) is 38.1 Å². The van der Waals surface area contributed by atoms with E-state index in [2.05, 4.69) is 4.98 Å². The monoisotopic (exact) mass is 801 g/mol. The number of carboxylic acids is 1. The van der Waals surface area contributed by atoms with E-state index in [1.807, 2.05) is 0 Å². The molecule has 3 N–H and O–H groups in total. The van der Waals surface area contributed by atoms with Crippen LogP contribution in [-0.4, -0.2) is 79.4 Å². The molecule has 10 nitrogen and oxygen atoms in total. The minimum absolute atomic E-state index is 0.0114. The Kier molecular flexibility index (Phi) is 13.1. The van der Waals surface area contributed by atoms with Crippen molar-refractivity contribution in [2.24, 2.45) is 0 Å². The van der Waals surface area contributed by atoms with Crippen molar-refractivity contribution in [1.82, 2.24) is 14.8 Å². The standard InChI is InChI=1S/C38H45F6N3O7S/c1-3-9-29-36(54-25-22-30(55-23-25)38(42,43)44,15-8-19-47(29)33(50)32-27(37(39,40)41)12-7-18-45-32)34(51)46-20-16-35(52,17-21-46)26-11-4-5-13-28(26)53-24(2)10-6-14-31(48)49/h4-5,7,11-13,18,22-24,29,33,50,52H,3,6,8-10,14-17,19-21H2,1-2H3,(H,48,49)/t24?,29-,33?,36+/m1/s1. The molecule has 2 unspecified atom stereocenters. The molecule has 1 amide bonds. The first-order valence-electron chi connectivity index (χ1n) is 18.2. The average Bonchev–Trinajstić information content (AvgIpc) is 3.61. The number of pyridine rings is 1. The molecule has 0 bridgehead atoms. The second-order valence-corrected chi connectivity index (χ2v) is 15.0. The Morgan fingerprint density at radius 2 is 1.75 bits per heavy atom. The summed E-state index contributed by atoms with van der Waals surface area (Å²) in [6.07, 6.45) is -9.20. The molecule has 0 aliphatic carbocycles. The third kappa shape index (κ3) is 9.55. The normalized spacial score (nSPS) is 21.9. The number of para-hydroxylation sites is 1. The number of amides is 1. The van der Waals surface area contributed by atoms with Gasteiger partial charge in [0.25, 0.3) is 5.91 Å². The van der Waals surface area contributed by atoms with Gasteiger partial charge in [0, 0.05) is 49.3 Å². The Morgan fingerprint density at radius 3 is 2.38 bits per heavy atom. The fourth-order valence-electron chi connectivity index (χ4n) is 7.63. The number of aliphatic hydroxyl groups is 2. The maximum atomic E-state index is 14.9. The number of likely N-dealkylation sites (tertiary alicyclic amines) is 2. The van der Waals surface area contributed by atoms with Gasteiger partial charge in [-0.05, 0) is 70.1 Å². The first-order valence-corrected chi connectivity index (χ1v) is 19.1. The highest BCUT2D eigenvalue weighted by Gasteiger charge is 2.57. The summed E-state index contributed by atoms with van der Waals surface area (Å²) >= 11 is 0.379. The van der Waals surface area contributed by atoms with Crippen LogP contribution in [0.3, 0.4) is 0 Å². The number of benzene rings is 1. The fourth-order valence-corrected chi connectivity index (χ4v) is 8.31. The number of piperidine rings is 2. The van der Waals surface area contributed by atoms with Crippen molar-refractivity contribution in [3.05, 3.63) is 75.7 Å². The zero-order valence-electron chi connectivity index (χ0n) is 30.4. The molecule has 4 atom stereocenters. The van der Waals surface area contributed by atoms with E-state index in [1.165, 1.54) is 9.80 Å². The van der Waals surface area contributed by atoms with E-state index in [-0.39, 0.29) is 70.0 Å². The lowest BCUT2D eigenvalue weighted by Gasteiger charge is -2.52. The van der Waals surface area contributed by atoms with Crippen LogP contribution >= 0.6 is 11.3 Å². The van der Waals surface area contributed by atoms with E-state index < -0.39 is 63.8 Å². The predicted octanol–water partition coefficient (Wildman–Crippen LogP) is 7.79. The van der Waals surface area contributed by atoms with Crippen LogP contribution in [-0.2, 0) is 27.5 Å². The zero-order chi connectivity index (χ0) is 40.2. The molecule has 1 aromatic carbocycles. The topological polar surface area (TPSA) is 133 Å². The number of carbonyl (C=O) groups excluding carboxylic acids is 1. The van der Waals surface area contributed by atoms with Gasteiger partial charge in [0.2, 0.25) is 5.60 Å². The van der Waals surface area contributed by atoms with E-state index in [0.29, 0.717) is 41.9 Å². The number of aliphatic hydroxyl groups excluding tert-OH is 1. The number of nitrogens with zero attached hydrogens (tertiary/aromatic N) is 3. The molecule has 2 aliphatic heterocycles. The Balaban J connectivity index is 1.46. The number of carbonyl (C=O) groups is 2. The molecular weight excluding hydrogens is 756 g/mol. The summed E-state index contributed by atoms with van der Waals surface area (Å²) in [5.74, 6) is -1.39. The number of hydrogen-bond acceptors (Lipinski definition) is 9. The summed E-state index contributed by atoms with van der Waals surface area (Å²) in [4.78, 5) is 31.6. The molecule has 2 aromatic heterocycles. The predicted molar refractivity (Wildman–Crippen MR) is 189 cm³/mol. The molecule has 0 radical (unpaired) electrons. The lowest BCUT2D eigenvalue weighted by molar-refractivity contribution is -0.177. The molecule has 3 aromatic rings. The summed E-state index contributed by atoms with van der Waals surface area (Å²) in [6, 6.07) is 8.45. The molecular formula is C38H45F6N3O7S. The third-order valence-electron chi connectivity index (χ3n) is 10.3. The number of ether oxygens (including phenoxy) is 2. The summed E-state index contributed by atoms with van der Waals surface area (Å²) in [5.41, 5.74) is -4.75. The number of aromatic nitrogens is 1. The summed E-state index contributed by atoms with van der Waals surface area (Å²) in [7, 11) is 0. The summed E-state index contributed by atoms with van der Waals surface area (Å²) in [6.45, 7) is 3.58. The van der Waals surface area contributed by atoms with Crippen LogP contribution < -0.4 is 9.47 Å². The number of alkyl halides is 6. The summed E-state index contributed by atoms with van der Waals surface area (Å²) in [5, 5.41) is 33.7. The van der Waals surface area contributed by atoms with Gasteiger partial charge in [0.1, 0.15) is 16.4 Å². The molecule has 0 saturated carbocycles. The molecule has 2 aliphatic rings. The lowest BCUT2D eigenvalue weighted by atomic mass is 9.78. The maximum Gasteiger partial charge on any atom is 0.425 e. The lowest BCUT2D eigenvalue weighted by Crippen LogP contribution is -2.68. The van der Waals surface area contributed by atoms with Gasteiger partial charge in [-0.15, -0.1) is 11.3 Å². The van der Waals surface area contributed by atoms with Crippen LogP contribution in [0, 0.1) is 0 Å². The van der Waals surface area contributed by atoms with Crippen molar-refractivity contribution >= 4 is 23.2 Å². The van der Waals surface area contributed by atoms with Crippen LogP contribution in [0.15, 0.2) is 54.0 Å². The number of hydrogen-bond donors (Lipinski definition) is 3. The fraction of sp³-hybridized carbons (Fsp3) is 0.553. The van der Waals surface area contributed by atoms with Crippen LogP contribution in [0.1, 0.15) is 99.6 Å². The van der Waals surface area contributed by atoms with Gasteiger partial charge in [-0.2, -0.15) is 26.3 Å². The van der Waals surface area contributed by atoms with Crippen molar-refractivity contribution in [2.75, 3.05) is 19.6 Å². The largest absolute Gasteiger partial charge is 0.490 e. The minimum Gasteiger partial charge on any atom is -0.490 e. The van der Waals surface area contributed by atoms with Crippen molar-refractivity contribution < 1.29 is 60.7 Å². The molecule has 0 spiro atoms. The Morgan fingerprint density at radius 1 is 1.04 bits per heavy atom. The van der Waals surface area contributed by atoms with E-state index in [0.717, 1.165) is 29.8 Å². The highest BCUT2D eigenvalue weighted by molar-refractivity contribution is 7.10. The number of rotatable bonds is 14. The van der Waals surface area contributed by atoms with Gasteiger partial charge < -0.3 is 29.7 Å². The Bertz CT molecular complexity index is 1780. The van der Waals surface area contributed by atoms with Crippen molar-refractivity contribution in [2.45, 2.75) is 114 Å². The Hall–Kier alpha value is -3.93. The highest BCUT2D eigenvalue weighted by atomic mass is 32.1. The molecule has 4 heterocycles. The average molecular weight is 802 g/mol. The minimum atomic E-state index is -4.86. The number of aliphatic carboxylic acids is 1. The van der Waals surface area contributed by atoms with Gasteiger partial charge in [-0.1, -0.05) is 31.5 Å². The van der Waals surface area contributed by atoms with E-state index >= 15 is 0 Å². The van der Waals surface area contributed by atoms with E-state index in [9.17, 15) is 46.1 Å². The van der Waals surface area contributed by atoms with Crippen LogP contribution in [0.25, 0.3) is 0 Å². The first-order chi connectivity index (χ1) is 25.9. The van der Waals surface area contributed by atoms with Gasteiger partial charge in [-0.3, -0.25) is 19.5 Å². The second-order valence-electron chi connectivity index (χ2n) is 14.1. The van der Waals surface area contributed by atoms with Gasteiger partial charge in [-0.25, -0.2) is 0 Å². The Labute approximate surface area is 318 Å². The van der Waals surface area contributed by atoms with Crippen molar-refractivity contribution in [3.8, 4) is 11.5 Å². The SMILES string of the molecule is CCC[C@H]1N(C(O)c2ncccc2C(F)(F)F)CCC[C@@]1(Oc1csc(C(F)(F)F)c1)C(=O)N1CCC(O)(c2ccccc2OC(C)CCCC(=O)O)CC1. The molecule has 302 valence electrons. The number of carboxylic acid groups (broad SMARTS) is 1. The van der Waals surface area contributed by atoms with Gasteiger partial charge in [0.15, 0.2) is 6.23 Å². The van der Waals surface area contributed by atoms with Crippen LogP contribution in [0.4, 0.5) is 26.3 Å². The maximum absolute atomic E-state index is 14.9.